The average molecular weight is 346 g/mol. The Kier molecular flexibility index (Phi) is 4.17. The van der Waals surface area contributed by atoms with Gasteiger partial charge in [0.2, 0.25) is 0 Å². The van der Waals surface area contributed by atoms with Gasteiger partial charge in [0.15, 0.2) is 0 Å². The lowest BCUT2D eigenvalue weighted by Gasteiger charge is -2.07. The second-order valence-electron chi connectivity index (χ2n) is 6.33. The Hall–Kier alpha value is -3.14. The number of aryl methyl sites for hydroxylation is 1. The third-order valence-corrected chi connectivity index (χ3v) is 4.51. The van der Waals surface area contributed by atoms with Gasteiger partial charge in [-0.2, -0.15) is 5.10 Å². The summed E-state index contributed by atoms with van der Waals surface area (Å²) in [7, 11) is 0. The number of benzene rings is 3. The second-order valence-corrected chi connectivity index (χ2v) is 6.33. The molecule has 26 heavy (non-hydrogen) atoms. The molecule has 0 aliphatic rings. The van der Waals surface area contributed by atoms with E-state index >= 15 is 0 Å². The zero-order valence-corrected chi connectivity index (χ0v) is 14.5. The number of phenols is 1. The van der Waals surface area contributed by atoms with Crippen LogP contribution in [-0.4, -0.2) is 14.9 Å². The molecule has 0 bridgehead atoms. The Labute approximate surface area is 151 Å². The first kappa shape index (κ1) is 16.3. The van der Waals surface area contributed by atoms with E-state index in [4.69, 9.17) is 5.10 Å². The Morgan fingerprint density at radius 3 is 2.31 bits per heavy atom. The van der Waals surface area contributed by atoms with Crippen molar-refractivity contribution in [3.8, 4) is 28.1 Å². The molecule has 1 N–H and O–H groups in total. The van der Waals surface area contributed by atoms with Crippen LogP contribution in [0.25, 0.3) is 33.3 Å². The normalized spacial score (nSPS) is 11.2. The molecule has 0 aliphatic heterocycles. The summed E-state index contributed by atoms with van der Waals surface area (Å²) in [5.41, 5.74) is 4.84. The molecule has 0 saturated carbocycles. The summed E-state index contributed by atoms with van der Waals surface area (Å²) in [6.07, 6.45) is 0.979. The molecule has 0 saturated heterocycles. The molecule has 0 spiro atoms. The van der Waals surface area contributed by atoms with Gasteiger partial charge in [-0.1, -0.05) is 31.2 Å². The van der Waals surface area contributed by atoms with Crippen molar-refractivity contribution < 1.29 is 9.50 Å². The molecule has 0 radical (unpaired) electrons. The predicted molar refractivity (Wildman–Crippen MR) is 103 cm³/mol. The van der Waals surface area contributed by atoms with Gasteiger partial charge in [-0.05, 0) is 60.0 Å². The smallest absolute Gasteiger partial charge is 0.123 e. The first-order valence-corrected chi connectivity index (χ1v) is 8.72. The molecular formula is C22H19FN2O. The van der Waals surface area contributed by atoms with Crippen LogP contribution in [0.2, 0.25) is 0 Å². The molecule has 3 aromatic carbocycles. The monoisotopic (exact) mass is 346 g/mol. The first-order valence-electron chi connectivity index (χ1n) is 8.72. The largest absolute Gasteiger partial charge is 0.508 e. The maximum absolute atomic E-state index is 13.4. The lowest BCUT2D eigenvalue weighted by Crippen LogP contribution is -1.98. The van der Waals surface area contributed by atoms with E-state index in [1.165, 1.54) is 12.1 Å². The third-order valence-electron chi connectivity index (χ3n) is 4.51. The number of aromatic nitrogens is 2. The average Bonchev–Trinajstić information content (AvgIpc) is 3.02. The molecule has 130 valence electrons. The van der Waals surface area contributed by atoms with Crippen LogP contribution in [0.1, 0.15) is 13.3 Å². The second kappa shape index (κ2) is 6.64. The molecule has 4 rings (SSSR count). The van der Waals surface area contributed by atoms with Crippen molar-refractivity contribution in [2.75, 3.05) is 0 Å². The van der Waals surface area contributed by atoms with Gasteiger partial charge in [0.05, 0.1) is 5.52 Å². The van der Waals surface area contributed by atoms with Gasteiger partial charge in [-0.25, -0.2) is 4.39 Å². The van der Waals surface area contributed by atoms with E-state index in [-0.39, 0.29) is 11.6 Å². The summed E-state index contributed by atoms with van der Waals surface area (Å²) in [6.45, 7) is 2.94. The third kappa shape index (κ3) is 2.84. The predicted octanol–water partition coefficient (Wildman–Crippen LogP) is 5.63. The minimum Gasteiger partial charge on any atom is -0.508 e. The Balaban J connectivity index is 2.01. The SMILES string of the molecule is CCCn1nc(-c2ccc(O)cc2)c2c(-c3ccc(F)cc3)cccc21. The molecule has 0 aliphatic carbocycles. The first-order chi connectivity index (χ1) is 12.7. The van der Waals surface area contributed by atoms with Crippen LogP contribution in [0.4, 0.5) is 4.39 Å². The zero-order valence-electron chi connectivity index (χ0n) is 14.5. The number of nitrogens with zero attached hydrogens (tertiary/aromatic N) is 2. The number of hydrogen-bond donors (Lipinski definition) is 1. The highest BCUT2D eigenvalue weighted by atomic mass is 19.1. The number of hydrogen-bond acceptors (Lipinski definition) is 2. The molecule has 1 heterocycles. The van der Waals surface area contributed by atoms with Crippen LogP contribution in [0.15, 0.2) is 66.7 Å². The van der Waals surface area contributed by atoms with E-state index in [0.717, 1.165) is 46.3 Å². The van der Waals surface area contributed by atoms with Crippen molar-refractivity contribution in [2.45, 2.75) is 19.9 Å². The summed E-state index contributed by atoms with van der Waals surface area (Å²) >= 11 is 0. The Morgan fingerprint density at radius 2 is 1.62 bits per heavy atom. The van der Waals surface area contributed by atoms with E-state index in [1.807, 2.05) is 28.9 Å². The van der Waals surface area contributed by atoms with Crippen molar-refractivity contribution in [3.63, 3.8) is 0 Å². The maximum atomic E-state index is 13.4. The molecular weight excluding hydrogens is 327 g/mol. The van der Waals surface area contributed by atoms with Crippen LogP contribution < -0.4 is 0 Å². The fourth-order valence-electron chi connectivity index (χ4n) is 3.30. The van der Waals surface area contributed by atoms with Crippen LogP contribution in [-0.2, 0) is 6.54 Å². The molecule has 0 unspecified atom stereocenters. The summed E-state index contributed by atoms with van der Waals surface area (Å²) in [5.74, 6) is -0.0221. The van der Waals surface area contributed by atoms with E-state index < -0.39 is 0 Å². The molecule has 4 heteroatoms. The van der Waals surface area contributed by atoms with E-state index in [2.05, 4.69) is 13.0 Å². The van der Waals surface area contributed by atoms with Gasteiger partial charge in [-0.3, -0.25) is 4.68 Å². The van der Waals surface area contributed by atoms with Crippen LogP contribution >= 0.6 is 0 Å². The standard InChI is InChI=1S/C22H19FN2O/c1-2-14-25-20-5-3-4-19(15-6-10-17(23)11-7-15)21(20)22(24-25)16-8-12-18(26)13-9-16/h3-13,26H,2,14H2,1H3. The fraction of sp³-hybridized carbons (Fsp3) is 0.136. The fourth-order valence-corrected chi connectivity index (χ4v) is 3.30. The maximum Gasteiger partial charge on any atom is 0.123 e. The van der Waals surface area contributed by atoms with E-state index in [0.29, 0.717) is 0 Å². The summed E-state index contributed by atoms with van der Waals surface area (Å²) in [6, 6.07) is 19.7. The van der Waals surface area contributed by atoms with Crippen molar-refractivity contribution >= 4 is 10.9 Å². The van der Waals surface area contributed by atoms with Gasteiger partial charge in [-0.15, -0.1) is 0 Å². The number of rotatable bonds is 4. The summed E-state index contributed by atoms with van der Waals surface area (Å²) in [4.78, 5) is 0. The molecule has 4 aromatic rings. The van der Waals surface area contributed by atoms with Crippen molar-refractivity contribution in [1.29, 1.82) is 0 Å². The van der Waals surface area contributed by atoms with Crippen molar-refractivity contribution in [3.05, 3.63) is 72.5 Å². The van der Waals surface area contributed by atoms with E-state index in [9.17, 15) is 9.50 Å². The van der Waals surface area contributed by atoms with Crippen LogP contribution in [0, 0.1) is 5.82 Å². The minimum atomic E-state index is -0.249. The molecule has 1 aromatic heterocycles. The number of fused-ring (bicyclic) bond motifs is 1. The number of aromatic hydroxyl groups is 1. The number of phenolic OH excluding ortho intramolecular Hbond substituents is 1. The highest BCUT2D eigenvalue weighted by molar-refractivity contribution is 6.04. The van der Waals surface area contributed by atoms with E-state index in [1.54, 1.807) is 24.3 Å². The topological polar surface area (TPSA) is 38.0 Å². The van der Waals surface area contributed by atoms with Gasteiger partial charge >= 0.3 is 0 Å². The molecule has 0 atom stereocenters. The molecule has 0 fully saturated rings. The van der Waals surface area contributed by atoms with Crippen LogP contribution in [0.3, 0.4) is 0 Å². The van der Waals surface area contributed by atoms with Crippen molar-refractivity contribution in [1.82, 2.24) is 9.78 Å². The molecule has 0 amide bonds. The summed E-state index contributed by atoms with van der Waals surface area (Å²) < 4.78 is 15.4. The van der Waals surface area contributed by atoms with Gasteiger partial charge in [0.1, 0.15) is 17.3 Å². The van der Waals surface area contributed by atoms with Crippen molar-refractivity contribution in [2.24, 2.45) is 0 Å². The number of halogens is 1. The Bertz CT molecular complexity index is 1050. The highest BCUT2D eigenvalue weighted by Gasteiger charge is 2.16. The minimum absolute atomic E-state index is 0.227. The van der Waals surface area contributed by atoms with Gasteiger partial charge in [0, 0.05) is 17.5 Å². The summed E-state index contributed by atoms with van der Waals surface area (Å²) in [5, 5.41) is 15.5. The molecule has 3 nitrogen and oxygen atoms in total. The zero-order chi connectivity index (χ0) is 18.1. The quantitative estimate of drug-likeness (QED) is 0.520. The highest BCUT2D eigenvalue weighted by Crippen LogP contribution is 2.36. The van der Waals surface area contributed by atoms with Gasteiger partial charge in [0.25, 0.3) is 0 Å². The Morgan fingerprint density at radius 1 is 0.923 bits per heavy atom. The van der Waals surface area contributed by atoms with Crippen LogP contribution in [0.5, 0.6) is 5.75 Å². The lowest BCUT2D eigenvalue weighted by molar-refractivity contribution is 0.475. The van der Waals surface area contributed by atoms with Gasteiger partial charge < -0.3 is 5.11 Å². The lowest BCUT2D eigenvalue weighted by atomic mass is 9.97.